The Morgan fingerprint density at radius 3 is 3.11 bits per heavy atom. The molecule has 0 unspecified atom stereocenters. The van der Waals surface area contributed by atoms with Gasteiger partial charge in [-0.25, -0.2) is 9.97 Å². The largest absolute Gasteiger partial charge is 0.490 e. The molecule has 96 valence electrons. The van der Waals surface area contributed by atoms with Gasteiger partial charge < -0.3 is 14.6 Å². The van der Waals surface area contributed by atoms with Gasteiger partial charge in [0.2, 0.25) is 0 Å². The van der Waals surface area contributed by atoms with E-state index in [2.05, 4.69) is 22.2 Å². The van der Waals surface area contributed by atoms with E-state index in [1.807, 2.05) is 22.9 Å². The Kier molecular flexibility index (Phi) is 4.58. The van der Waals surface area contributed by atoms with Gasteiger partial charge in [-0.1, -0.05) is 6.92 Å². The fraction of sp³-hybridized carbons (Fsp3) is 0.385. The zero-order valence-electron chi connectivity index (χ0n) is 10.5. The molecule has 0 aliphatic heterocycles. The first kappa shape index (κ1) is 12.4. The number of hydrogen-bond acceptors (Lipinski definition) is 4. The van der Waals surface area contributed by atoms with Crippen LogP contribution < -0.4 is 10.1 Å². The summed E-state index contributed by atoms with van der Waals surface area (Å²) < 4.78 is 7.65. The summed E-state index contributed by atoms with van der Waals surface area (Å²) >= 11 is 0. The molecule has 0 aliphatic rings. The van der Waals surface area contributed by atoms with E-state index in [1.54, 1.807) is 18.7 Å². The number of imidazole rings is 1. The molecule has 5 heteroatoms. The quantitative estimate of drug-likeness (QED) is 0.813. The second kappa shape index (κ2) is 6.64. The monoisotopic (exact) mass is 246 g/mol. The molecule has 0 aliphatic carbocycles. The number of anilines is 1. The van der Waals surface area contributed by atoms with Crippen LogP contribution in [0.1, 0.15) is 13.3 Å². The van der Waals surface area contributed by atoms with E-state index in [4.69, 9.17) is 4.74 Å². The van der Waals surface area contributed by atoms with Crippen LogP contribution >= 0.6 is 0 Å². The van der Waals surface area contributed by atoms with E-state index < -0.39 is 0 Å². The maximum absolute atomic E-state index is 5.63. The van der Waals surface area contributed by atoms with Crippen molar-refractivity contribution in [2.24, 2.45) is 0 Å². The molecule has 0 aromatic carbocycles. The fourth-order valence-corrected chi connectivity index (χ4v) is 1.57. The van der Waals surface area contributed by atoms with E-state index in [0.717, 1.165) is 31.1 Å². The molecule has 2 aromatic heterocycles. The van der Waals surface area contributed by atoms with Crippen molar-refractivity contribution in [2.75, 3.05) is 18.5 Å². The zero-order valence-corrected chi connectivity index (χ0v) is 10.5. The summed E-state index contributed by atoms with van der Waals surface area (Å²) in [6.07, 6.45) is 8.27. The lowest BCUT2D eigenvalue weighted by Crippen LogP contribution is -2.11. The van der Waals surface area contributed by atoms with E-state index in [1.165, 1.54) is 0 Å². The van der Waals surface area contributed by atoms with Crippen molar-refractivity contribution in [3.63, 3.8) is 0 Å². The lowest BCUT2D eigenvalue weighted by atomic mass is 10.4. The standard InChI is InChI=1S/C13H18N4O/c1-2-10-18-12-4-3-5-15-13(12)16-7-9-17-8-6-14-11-17/h3-6,8,11H,2,7,9-10H2,1H3,(H,15,16). The number of hydrogen-bond donors (Lipinski definition) is 1. The third-order valence-electron chi connectivity index (χ3n) is 2.45. The molecule has 1 N–H and O–H groups in total. The minimum Gasteiger partial charge on any atom is -0.490 e. The number of ether oxygens (including phenoxy) is 1. The van der Waals surface area contributed by atoms with Crippen LogP contribution in [0.3, 0.4) is 0 Å². The summed E-state index contributed by atoms with van der Waals surface area (Å²) in [4.78, 5) is 8.29. The molecule has 0 fully saturated rings. The van der Waals surface area contributed by atoms with Crippen LogP contribution in [0.4, 0.5) is 5.82 Å². The smallest absolute Gasteiger partial charge is 0.168 e. The Balaban J connectivity index is 1.87. The van der Waals surface area contributed by atoms with Crippen LogP contribution in [-0.2, 0) is 6.54 Å². The Morgan fingerprint density at radius 1 is 1.39 bits per heavy atom. The summed E-state index contributed by atoms with van der Waals surface area (Å²) in [5.41, 5.74) is 0. The number of nitrogens with one attached hydrogen (secondary N) is 1. The van der Waals surface area contributed by atoms with Gasteiger partial charge in [0.25, 0.3) is 0 Å². The molecule has 0 saturated heterocycles. The van der Waals surface area contributed by atoms with Crippen LogP contribution in [0.25, 0.3) is 0 Å². The van der Waals surface area contributed by atoms with E-state index >= 15 is 0 Å². The molecule has 0 spiro atoms. The van der Waals surface area contributed by atoms with Gasteiger partial charge in [0.05, 0.1) is 12.9 Å². The first-order valence-corrected chi connectivity index (χ1v) is 6.17. The minimum absolute atomic E-state index is 0.710. The summed E-state index contributed by atoms with van der Waals surface area (Å²) in [6, 6.07) is 3.81. The predicted octanol–water partition coefficient (Wildman–Crippen LogP) is 2.18. The molecule has 0 bridgehead atoms. The molecule has 0 atom stereocenters. The number of pyridine rings is 1. The van der Waals surface area contributed by atoms with Crippen molar-refractivity contribution in [1.29, 1.82) is 0 Å². The maximum atomic E-state index is 5.63. The summed E-state index contributed by atoms with van der Waals surface area (Å²) in [5.74, 6) is 1.61. The number of rotatable bonds is 7. The lowest BCUT2D eigenvalue weighted by Gasteiger charge is -2.11. The Labute approximate surface area is 107 Å². The molecule has 2 rings (SSSR count). The topological polar surface area (TPSA) is 52.0 Å². The van der Waals surface area contributed by atoms with Crippen LogP contribution in [0.15, 0.2) is 37.1 Å². The number of nitrogens with zero attached hydrogens (tertiary/aromatic N) is 3. The molecule has 0 amide bonds. The summed E-state index contributed by atoms with van der Waals surface area (Å²) in [7, 11) is 0. The van der Waals surface area contributed by atoms with Gasteiger partial charge in [-0.05, 0) is 18.6 Å². The highest BCUT2D eigenvalue weighted by Gasteiger charge is 2.03. The predicted molar refractivity (Wildman–Crippen MR) is 70.7 cm³/mol. The molecule has 18 heavy (non-hydrogen) atoms. The average Bonchev–Trinajstić information content (AvgIpc) is 2.91. The second-order valence-corrected chi connectivity index (χ2v) is 3.93. The normalized spacial score (nSPS) is 10.3. The van der Waals surface area contributed by atoms with Crippen LogP contribution in [0.2, 0.25) is 0 Å². The van der Waals surface area contributed by atoms with E-state index in [0.29, 0.717) is 6.61 Å². The van der Waals surface area contributed by atoms with Crippen LogP contribution in [0, 0.1) is 0 Å². The third kappa shape index (κ3) is 3.48. The highest BCUT2D eigenvalue weighted by Crippen LogP contribution is 2.20. The fourth-order valence-electron chi connectivity index (χ4n) is 1.57. The van der Waals surface area contributed by atoms with Gasteiger partial charge in [0, 0.05) is 31.7 Å². The third-order valence-corrected chi connectivity index (χ3v) is 2.45. The van der Waals surface area contributed by atoms with Gasteiger partial charge in [-0.15, -0.1) is 0 Å². The van der Waals surface area contributed by atoms with Gasteiger partial charge in [-0.3, -0.25) is 0 Å². The van der Waals surface area contributed by atoms with Gasteiger partial charge in [0.15, 0.2) is 11.6 Å². The molecule has 5 nitrogen and oxygen atoms in total. The van der Waals surface area contributed by atoms with Crippen molar-refractivity contribution >= 4 is 5.82 Å². The Morgan fingerprint density at radius 2 is 2.33 bits per heavy atom. The van der Waals surface area contributed by atoms with Crippen molar-refractivity contribution in [2.45, 2.75) is 19.9 Å². The molecular formula is C13H18N4O. The zero-order chi connectivity index (χ0) is 12.6. The van der Waals surface area contributed by atoms with Gasteiger partial charge in [-0.2, -0.15) is 0 Å². The van der Waals surface area contributed by atoms with Crippen LogP contribution in [0.5, 0.6) is 5.75 Å². The Bertz CT molecular complexity index is 456. The van der Waals surface area contributed by atoms with E-state index in [9.17, 15) is 0 Å². The molecule has 2 heterocycles. The molecule has 0 radical (unpaired) electrons. The maximum Gasteiger partial charge on any atom is 0.168 e. The molecular weight excluding hydrogens is 228 g/mol. The van der Waals surface area contributed by atoms with Crippen molar-refractivity contribution < 1.29 is 4.74 Å². The van der Waals surface area contributed by atoms with Gasteiger partial charge in [0.1, 0.15) is 0 Å². The number of aromatic nitrogens is 3. The summed E-state index contributed by atoms with van der Waals surface area (Å²) in [6.45, 7) is 4.43. The molecule has 0 saturated carbocycles. The highest BCUT2D eigenvalue weighted by molar-refractivity contribution is 5.49. The van der Waals surface area contributed by atoms with Gasteiger partial charge >= 0.3 is 0 Å². The SMILES string of the molecule is CCCOc1cccnc1NCCn1ccnc1. The first-order chi connectivity index (χ1) is 8.90. The van der Waals surface area contributed by atoms with Crippen molar-refractivity contribution in [1.82, 2.24) is 14.5 Å². The van der Waals surface area contributed by atoms with Crippen LogP contribution in [-0.4, -0.2) is 27.7 Å². The average molecular weight is 246 g/mol. The summed E-state index contributed by atoms with van der Waals surface area (Å²) in [5, 5.41) is 3.28. The first-order valence-electron chi connectivity index (χ1n) is 6.17. The second-order valence-electron chi connectivity index (χ2n) is 3.93. The van der Waals surface area contributed by atoms with E-state index in [-0.39, 0.29) is 0 Å². The highest BCUT2D eigenvalue weighted by atomic mass is 16.5. The van der Waals surface area contributed by atoms with Crippen molar-refractivity contribution in [3.8, 4) is 5.75 Å². The minimum atomic E-state index is 0.710. The lowest BCUT2D eigenvalue weighted by molar-refractivity contribution is 0.317. The van der Waals surface area contributed by atoms with Crippen molar-refractivity contribution in [3.05, 3.63) is 37.1 Å². The Hall–Kier alpha value is -2.04. The molecule has 2 aromatic rings.